The topological polar surface area (TPSA) is 101 Å². The minimum absolute atomic E-state index is 0.0992. The maximum atomic E-state index is 14.8. The van der Waals surface area contributed by atoms with E-state index < -0.39 is 85.3 Å². The molecule has 0 radical (unpaired) electrons. The van der Waals surface area contributed by atoms with Gasteiger partial charge in [-0.25, -0.2) is 8.78 Å². The normalized spacial score (nSPS) is 19.1. The molecule has 0 aliphatic heterocycles. The standard InChI is InChI=1S/C27H16Cl3F8N3O3S/c28-16-5-2-12(24(23(39)44)21(25(24,29)30)11-1-6-17(31)15(7-11)26(33,34)35)8-19(16)41-22(43)14-4-3-13(9-18(14)32)40-20(42)10-45-27(36,37)38/h1-9,21H,10H2,(H2,39,44)(H,40,42)(H,41,43). The number of amides is 3. The van der Waals surface area contributed by atoms with Gasteiger partial charge < -0.3 is 16.4 Å². The largest absolute Gasteiger partial charge is 0.442 e. The molecule has 1 saturated carbocycles. The Morgan fingerprint density at radius 2 is 1.56 bits per heavy atom. The van der Waals surface area contributed by atoms with Crippen LogP contribution in [0.15, 0.2) is 54.6 Å². The van der Waals surface area contributed by atoms with Gasteiger partial charge in [0, 0.05) is 11.6 Å². The van der Waals surface area contributed by atoms with Crippen LogP contribution in [0.3, 0.4) is 0 Å². The summed E-state index contributed by atoms with van der Waals surface area (Å²) < 4.78 is 104. The van der Waals surface area contributed by atoms with Crippen molar-refractivity contribution in [3.05, 3.63) is 93.5 Å². The lowest BCUT2D eigenvalue weighted by atomic mass is 9.89. The molecule has 1 fully saturated rings. The van der Waals surface area contributed by atoms with Gasteiger partial charge in [-0.05, 0) is 65.4 Å². The number of thioether (sulfide) groups is 1. The van der Waals surface area contributed by atoms with E-state index in [1.807, 2.05) is 0 Å². The smallest absolute Gasteiger partial charge is 0.369 e. The number of halogens is 11. The number of alkyl halides is 8. The van der Waals surface area contributed by atoms with E-state index in [2.05, 4.69) is 10.6 Å². The summed E-state index contributed by atoms with van der Waals surface area (Å²) in [6.07, 6.45) is -5.09. The van der Waals surface area contributed by atoms with E-state index in [1.165, 1.54) is 12.1 Å². The molecular weight excluding hydrogens is 705 g/mol. The number of primary amides is 1. The molecule has 1 aliphatic rings. The highest BCUT2D eigenvalue weighted by Crippen LogP contribution is 2.74. The number of hydrogen-bond donors (Lipinski definition) is 3. The first kappa shape index (κ1) is 34.6. The average molecular weight is 721 g/mol. The molecule has 1 aliphatic carbocycles. The summed E-state index contributed by atoms with van der Waals surface area (Å²) in [6, 6.07) is 8.11. The van der Waals surface area contributed by atoms with Crippen molar-refractivity contribution in [1.29, 1.82) is 0 Å². The first-order valence-electron chi connectivity index (χ1n) is 12.2. The minimum Gasteiger partial charge on any atom is -0.369 e. The lowest BCUT2D eigenvalue weighted by Crippen LogP contribution is -2.34. The second-order valence-corrected chi connectivity index (χ2v) is 12.4. The van der Waals surface area contributed by atoms with E-state index >= 15 is 0 Å². The fourth-order valence-corrected chi connectivity index (χ4v) is 6.41. The fraction of sp³-hybridized carbons (Fsp3) is 0.222. The summed E-state index contributed by atoms with van der Waals surface area (Å²) >= 11 is 18.5. The zero-order valence-electron chi connectivity index (χ0n) is 21.8. The molecule has 0 bridgehead atoms. The van der Waals surface area contributed by atoms with E-state index in [0.717, 1.165) is 24.3 Å². The van der Waals surface area contributed by atoms with Crippen molar-refractivity contribution < 1.29 is 49.5 Å². The third kappa shape index (κ3) is 6.81. The fourth-order valence-electron chi connectivity index (χ4n) is 4.79. The van der Waals surface area contributed by atoms with E-state index in [1.54, 1.807) is 0 Å². The van der Waals surface area contributed by atoms with Gasteiger partial charge in [0.05, 0.1) is 27.6 Å². The Morgan fingerprint density at radius 3 is 2.13 bits per heavy atom. The summed E-state index contributed by atoms with van der Waals surface area (Å²) in [5.41, 5.74) is -4.16. The van der Waals surface area contributed by atoms with Crippen LogP contribution in [0.2, 0.25) is 5.02 Å². The molecule has 2 atom stereocenters. The van der Waals surface area contributed by atoms with Gasteiger partial charge in [0.15, 0.2) is 0 Å². The van der Waals surface area contributed by atoms with Crippen molar-refractivity contribution in [2.75, 3.05) is 16.4 Å². The maximum absolute atomic E-state index is 14.8. The number of rotatable bonds is 8. The monoisotopic (exact) mass is 719 g/mol. The van der Waals surface area contributed by atoms with Gasteiger partial charge in [-0.15, -0.1) is 0 Å². The number of carbonyl (C=O) groups excluding carboxylic acids is 3. The van der Waals surface area contributed by atoms with Crippen LogP contribution in [-0.2, 0) is 21.2 Å². The molecule has 3 amide bonds. The summed E-state index contributed by atoms with van der Waals surface area (Å²) in [4.78, 5) is 37.4. The quantitative estimate of drug-likeness (QED) is 0.164. The van der Waals surface area contributed by atoms with Crippen molar-refractivity contribution >= 4 is 75.7 Å². The highest BCUT2D eigenvalue weighted by Gasteiger charge is 2.81. The van der Waals surface area contributed by atoms with Crippen LogP contribution in [0.5, 0.6) is 0 Å². The predicted octanol–water partition coefficient (Wildman–Crippen LogP) is 7.78. The van der Waals surface area contributed by atoms with Crippen molar-refractivity contribution in [1.82, 2.24) is 0 Å². The number of nitrogens with one attached hydrogen (secondary N) is 2. The first-order chi connectivity index (χ1) is 20.7. The summed E-state index contributed by atoms with van der Waals surface area (Å²) in [7, 11) is 0. The van der Waals surface area contributed by atoms with Gasteiger partial charge in [-0.1, -0.05) is 46.9 Å². The molecular formula is C27H16Cl3F8N3O3S. The molecule has 0 heterocycles. The predicted molar refractivity (Wildman–Crippen MR) is 152 cm³/mol. The zero-order valence-corrected chi connectivity index (χ0v) is 24.9. The summed E-state index contributed by atoms with van der Waals surface area (Å²) in [5.74, 6) is -8.52. The molecule has 0 spiro atoms. The Balaban J connectivity index is 1.62. The Morgan fingerprint density at radius 1 is 0.889 bits per heavy atom. The highest BCUT2D eigenvalue weighted by atomic mass is 35.5. The van der Waals surface area contributed by atoms with Crippen LogP contribution < -0.4 is 16.4 Å². The van der Waals surface area contributed by atoms with Crippen LogP contribution in [0.1, 0.15) is 33.0 Å². The molecule has 4 rings (SSSR count). The highest BCUT2D eigenvalue weighted by molar-refractivity contribution is 8.00. The Bertz CT molecular complexity index is 1700. The minimum atomic E-state index is -5.09. The first-order valence-corrected chi connectivity index (χ1v) is 14.3. The van der Waals surface area contributed by atoms with Crippen LogP contribution >= 0.6 is 46.6 Å². The molecule has 45 heavy (non-hydrogen) atoms. The van der Waals surface area contributed by atoms with E-state index in [9.17, 15) is 49.5 Å². The van der Waals surface area contributed by atoms with Crippen molar-refractivity contribution in [2.45, 2.75) is 27.4 Å². The van der Waals surface area contributed by atoms with Gasteiger partial charge in [0.25, 0.3) is 5.91 Å². The number of carbonyl (C=O) groups is 3. The second kappa shape index (κ2) is 12.2. The third-order valence-electron chi connectivity index (χ3n) is 6.79. The summed E-state index contributed by atoms with van der Waals surface area (Å²) in [6.45, 7) is 0. The van der Waals surface area contributed by atoms with Gasteiger partial charge >= 0.3 is 11.7 Å². The van der Waals surface area contributed by atoms with Gasteiger partial charge in [-0.2, -0.15) is 26.3 Å². The number of nitrogens with two attached hydrogens (primary N) is 1. The Hall–Kier alpha value is -3.27. The maximum Gasteiger partial charge on any atom is 0.442 e. The molecule has 0 aromatic heterocycles. The molecule has 0 saturated heterocycles. The average Bonchev–Trinajstić information content (AvgIpc) is 3.45. The molecule has 3 aromatic rings. The molecule has 18 heteroatoms. The van der Waals surface area contributed by atoms with E-state index in [4.69, 9.17) is 40.5 Å². The van der Waals surface area contributed by atoms with E-state index in [0.29, 0.717) is 18.2 Å². The van der Waals surface area contributed by atoms with Gasteiger partial charge in [-0.3, -0.25) is 14.4 Å². The third-order valence-corrected chi connectivity index (χ3v) is 8.89. The lowest BCUT2D eigenvalue weighted by molar-refractivity contribution is -0.140. The second-order valence-electron chi connectivity index (χ2n) is 9.59. The van der Waals surface area contributed by atoms with Crippen molar-refractivity contribution in [2.24, 2.45) is 5.73 Å². The van der Waals surface area contributed by atoms with Crippen molar-refractivity contribution in [3.63, 3.8) is 0 Å². The summed E-state index contributed by atoms with van der Waals surface area (Å²) in [5, 5.41) is 4.21. The SMILES string of the molecule is NC(=O)C1(c2ccc(Cl)c(NC(=O)c3ccc(NC(=O)CSC(F)(F)F)cc3F)c2)C(c2ccc(F)c(C(F)(F)F)c2)C1(Cl)Cl. The number of hydrogen-bond acceptors (Lipinski definition) is 4. The zero-order chi connectivity index (χ0) is 33.7. The number of benzene rings is 3. The molecule has 6 nitrogen and oxygen atoms in total. The number of anilines is 2. The van der Waals surface area contributed by atoms with Gasteiger partial charge in [0.1, 0.15) is 21.4 Å². The lowest BCUT2D eigenvalue weighted by Gasteiger charge is -2.18. The van der Waals surface area contributed by atoms with Crippen LogP contribution in [0.4, 0.5) is 46.5 Å². The molecule has 4 N–H and O–H groups in total. The molecule has 3 aromatic carbocycles. The van der Waals surface area contributed by atoms with Crippen molar-refractivity contribution in [3.8, 4) is 0 Å². The Labute approximate surface area is 267 Å². The molecule has 2 unspecified atom stereocenters. The van der Waals surface area contributed by atoms with Crippen LogP contribution in [0, 0.1) is 11.6 Å². The Kier molecular flexibility index (Phi) is 9.35. The van der Waals surface area contributed by atoms with Crippen LogP contribution in [0.25, 0.3) is 0 Å². The van der Waals surface area contributed by atoms with Gasteiger partial charge in [0.2, 0.25) is 11.8 Å². The molecule has 240 valence electrons. The van der Waals surface area contributed by atoms with Crippen LogP contribution in [-0.4, -0.2) is 33.3 Å². The van der Waals surface area contributed by atoms with E-state index in [-0.39, 0.29) is 27.5 Å².